The summed E-state index contributed by atoms with van der Waals surface area (Å²) in [6.07, 6.45) is 1.59. The third-order valence-electron chi connectivity index (χ3n) is 3.40. The molecule has 0 unspecified atom stereocenters. The Bertz CT molecular complexity index is 759. The number of amides is 1. The average molecular weight is 332 g/mol. The Balaban J connectivity index is 2.17. The van der Waals surface area contributed by atoms with Gasteiger partial charge in [0, 0.05) is 28.0 Å². The van der Waals surface area contributed by atoms with Crippen LogP contribution in [0.15, 0.2) is 53.4 Å². The molecule has 0 aliphatic heterocycles. The first-order valence-electron chi connectivity index (χ1n) is 6.88. The molecule has 0 saturated heterocycles. The van der Waals surface area contributed by atoms with Crippen LogP contribution in [0.1, 0.15) is 28.9 Å². The zero-order valence-corrected chi connectivity index (χ0v) is 13.5. The fourth-order valence-electron chi connectivity index (χ4n) is 2.13. The van der Waals surface area contributed by atoms with Crippen molar-refractivity contribution >= 4 is 22.4 Å². The van der Waals surface area contributed by atoms with Crippen LogP contribution in [0, 0.1) is 10.1 Å². The molecule has 0 aromatic heterocycles. The second-order valence-corrected chi connectivity index (χ2v) is 6.37. The highest BCUT2D eigenvalue weighted by molar-refractivity contribution is 7.84. The predicted molar refractivity (Wildman–Crippen MR) is 87.8 cm³/mol. The molecule has 23 heavy (non-hydrogen) atoms. The molecule has 120 valence electrons. The highest BCUT2D eigenvalue weighted by Crippen LogP contribution is 2.20. The van der Waals surface area contributed by atoms with E-state index >= 15 is 0 Å². The van der Waals surface area contributed by atoms with Crippen molar-refractivity contribution in [1.82, 2.24) is 5.32 Å². The SMILES string of the molecule is C[C@H](NC(=O)c1ccccc1[N+](=O)[O-])c1ccc([S@](C)=O)cc1. The summed E-state index contributed by atoms with van der Waals surface area (Å²) in [4.78, 5) is 23.4. The maximum atomic E-state index is 12.3. The van der Waals surface area contributed by atoms with Gasteiger partial charge in [0.25, 0.3) is 11.6 Å². The Morgan fingerprint density at radius 1 is 1.17 bits per heavy atom. The van der Waals surface area contributed by atoms with E-state index in [0.29, 0.717) is 4.90 Å². The smallest absolute Gasteiger partial charge is 0.282 e. The van der Waals surface area contributed by atoms with Gasteiger partial charge in [0.2, 0.25) is 0 Å². The van der Waals surface area contributed by atoms with Gasteiger partial charge in [-0.15, -0.1) is 0 Å². The summed E-state index contributed by atoms with van der Waals surface area (Å²) in [5, 5.41) is 13.7. The van der Waals surface area contributed by atoms with Crippen molar-refractivity contribution in [3.63, 3.8) is 0 Å². The van der Waals surface area contributed by atoms with Crippen LogP contribution >= 0.6 is 0 Å². The van der Waals surface area contributed by atoms with Crippen LogP contribution in [0.4, 0.5) is 5.69 Å². The van der Waals surface area contributed by atoms with Crippen LogP contribution in [0.5, 0.6) is 0 Å². The molecule has 6 nitrogen and oxygen atoms in total. The number of carbonyl (C=O) groups excluding carboxylic acids is 1. The number of nitrogens with one attached hydrogen (secondary N) is 1. The van der Waals surface area contributed by atoms with Gasteiger partial charge in [0.15, 0.2) is 0 Å². The second kappa shape index (κ2) is 7.15. The number of rotatable bonds is 5. The molecule has 0 heterocycles. The summed E-state index contributed by atoms with van der Waals surface area (Å²) >= 11 is 0. The first-order chi connectivity index (χ1) is 10.9. The zero-order valence-electron chi connectivity index (χ0n) is 12.7. The molecular weight excluding hydrogens is 316 g/mol. The van der Waals surface area contributed by atoms with E-state index in [0.717, 1.165) is 5.56 Å². The average Bonchev–Trinajstić information content (AvgIpc) is 2.54. The lowest BCUT2D eigenvalue weighted by Crippen LogP contribution is -2.27. The van der Waals surface area contributed by atoms with Crippen molar-refractivity contribution in [1.29, 1.82) is 0 Å². The molecule has 0 aliphatic rings. The first kappa shape index (κ1) is 16.8. The number of para-hydroxylation sites is 1. The van der Waals surface area contributed by atoms with Gasteiger partial charge >= 0.3 is 0 Å². The van der Waals surface area contributed by atoms with E-state index in [1.165, 1.54) is 18.2 Å². The number of nitrogens with zero attached hydrogens (tertiary/aromatic N) is 1. The lowest BCUT2D eigenvalue weighted by atomic mass is 10.1. The van der Waals surface area contributed by atoms with Crippen LogP contribution in [-0.2, 0) is 10.8 Å². The van der Waals surface area contributed by atoms with Gasteiger partial charge in [0.05, 0.1) is 11.0 Å². The van der Waals surface area contributed by atoms with Gasteiger partial charge in [-0.05, 0) is 30.7 Å². The van der Waals surface area contributed by atoms with E-state index in [4.69, 9.17) is 0 Å². The number of nitro benzene ring substituents is 1. The van der Waals surface area contributed by atoms with E-state index in [-0.39, 0.29) is 17.3 Å². The molecule has 0 bridgehead atoms. The molecule has 2 atom stereocenters. The maximum Gasteiger partial charge on any atom is 0.282 e. The summed E-state index contributed by atoms with van der Waals surface area (Å²) in [6, 6.07) is 12.5. The van der Waals surface area contributed by atoms with Crippen LogP contribution in [-0.4, -0.2) is 21.3 Å². The molecule has 1 amide bonds. The topological polar surface area (TPSA) is 89.3 Å². The highest BCUT2D eigenvalue weighted by Gasteiger charge is 2.20. The minimum atomic E-state index is -1.06. The molecule has 0 fully saturated rings. The third-order valence-corrected chi connectivity index (χ3v) is 4.34. The van der Waals surface area contributed by atoms with Crippen LogP contribution in [0.3, 0.4) is 0 Å². The molecule has 2 aromatic carbocycles. The fourth-order valence-corrected chi connectivity index (χ4v) is 2.65. The van der Waals surface area contributed by atoms with E-state index in [2.05, 4.69) is 5.32 Å². The zero-order chi connectivity index (χ0) is 17.0. The Morgan fingerprint density at radius 2 is 1.78 bits per heavy atom. The Morgan fingerprint density at radius 3 is 2.35 bits per heavy atom. The molecule has 0 spiro atoms. The van der Waals surface area contributed by atoms with E-state index < -0.39 is 21.6 Å². The lowest BCUT2D eigenvalue weighted by molar-refractivity contribution is -0.385. The van der Waals surface area contributed by atoms with Crippen LogP contribution < -0.4 is 5.32 Å². The summed E-state index contributed by atoms with van der Waals surface area (Å²) in [5.41, 5.74) is 0.621. The second-order valence-electron chi connectivity index (χ2n) is 4.99. The van der Waals surface area contributed by atoms with Gasteiger partial charge in [-0.2, -0.15) is 0 Å². The first-order valence-corrected chi connectivity index (χ1v) is 8.43. The molecular formula is C16H16N2O4S. The highest BCUT2D eigenvalue weighted by atomic mass is 32.2. The Hall–Kier alpha value is -2.54. The van der Waals surface area contributed by atoms with Gasteiger partial charge in [-0.25, -0.2) is 0 Å². The van der Waals surface area contributed by atoms with Crippen LogP contribution in [0.2, 0.25) is 0 Å². The Labute approximate surface area is 136 Å². The number of benzene rings is 2. The molecule has 2 rings (SSSR count). The number of carbonyl (C=O) groups is 1. The van der Waals surface area contributed by atoms with Crippen molar-refractivity contribution < 1.29 is 13.9 Å². The number of nitro groups is 1. The number of hydrogen-bond acceptors (Lipinski definition) is 4. The number of hydrogen-bond donors (Lipinski definition) is 1. The van der Waals surface area contributed by atoms with Crippen LogP contribution in [0.25, 0.3) is 0 Å². The van der Waals surface area contributed by atoms with Gasteiger partial charge < -0.3 is 5.32 Å². The van der Waals surface area contributed by atoms with Crippen molar-refractivity contribution in [2.45, 2.75) is 17.9 Å². The third kappa shape index (κ3) is 4.01. The lowest BCUT2D eigenvalue weighted by Gasteiger charge is -2.14. The largest absolute Gasteiger partial charge is 0.345 e. The monoisotopic (exact) mass is 332 g/mol. The predicted octanol–water partition coefficient (Wildman–Crippen LogP) is 2.82. The van der Waals surface area contributed by atoms with Gasteiger partial charge in [-0.1, -0.05) is 24.3 Å². The standard InChI is InChI=1S/C16H16N2O4S/c1-11(12-7-9-13(10-8-12)23(2)22)17-16(19)14-5-3-4-6-15(14)18(20)21/h3-11H,1-2H3,(H,17,19)/t11-,23-/m0/s1. The van der Waals surface area contributed by atoms with E-state index in [9.17, 15) is 19.1 Å². The van der Waals surface area contributed by atoms with Crippen molar-refractivity contribution in [3.8, 4) is 0 Å². The molecule has 0 saturated carbocycles. The van der Waals surface area contributed by atoms with Crippen molar-refractivity contribution in [2.24, 2.45) is 0 Å². The van der Waals surface area contributed by atoms with Gasteiger partial charge in [0.1, 0.15) is 5.56 Å². The summed E-state index contributed by atoms with van der Waals surface area (Å²) < 4.78 is 11.4. The summed E-state index contributed by atoms with van der Waals surface area (Å²) in [6.45, 7) is 1.78. The molecule has 0 aliphatic carbocycles. The quantitative estimate of drug-likeness (QED) is 0.673. The maximum absolute atomic E-state index is 12.3. The normalized spacial score (nSPS) is 13.1. The molecule has 1 N–H and O–H groups in total. The summed E-state index contributed by atoms with van der Waals surface area (Å²) in [7, 11) is -1.06. The minimum Gasteiger partial charge on any atom is -0.345 e. The van der Waals surface area contributed by atoms with E-state index in [1.807, 2.05) is 0 Å². The summed E-state index contributed by atoms with van der Waals surface area (Å²) in [5.74, 6) is -0.507. The van der Waals surface area contributed by atoms with Gasteiger partial charge in [-0.3, -0.25) is 19.1 Å². The fraction of sp³-hybridized carbons (Fsp3) is 0.188. The molecule has 7 heteroatoms. The Kier molecular flexibility index (Phi) is 5.23. The minimum absolute atomic E-state index is 0.0237. The van der Waals surface area contributed by atoms with Crippen molar-refractivity contribution in [2.75, 3.05) is 6.26 Å². The van der Waals surface area contributed by atoms with E-state index in [1.54, 1.807) is 43.5 Å². The molecule has 0 radical (unpaired) electrons. The van der Waals surface area contributed by atoms with Crippen molar-refractivity contribution in [3.05, 3.63) is 69.8 Å². The molecule has 2 aromatic rings.